The van der Waals surface area contributed by atoms with E-state index in [1.165, 1.54) is 44.4 Å². The van der Waals surface area contributed by atoms with Gasteiger partial charge in [-0.2, -0.15) is 0 Å². The predicted octanol–water partition coefficient (Wildman–Crippen LogP) is 8.62. The van der Waals surface area contributed by atoms with Crippen molar-refractivity contribution in [2.45, 2.75) is 5.92 Å². The summed E-state index contributed by atoms with van der Waals surface area (Å²) in [4.78, 5) is 4.27. The first-order valence-corrected chi connectivity index (χ1v) is 13.7. The van der Waals surface area contributed by atoms with Gasteiger partial charge in [0, 0.05) is 56.6 Å². The number of nitrogens with zero attached hydrogens (tertiary/aromatic N) is 2. The highest BCUT2D eigenvalue weighted by atomic mass is 16.5. The summed E-state index contributed by atoms with van der Waals surface area (Å²) >= 11 is 0. The van der Waals surface area contributed by atoms with Gasteiger partial charge in [-0.1, -0.05) is 91.0 Å². The molecule has 5 aromatic carbocycles. The molecule has 0 aliphatic carbocycles. The second-order valence-corrected chi connectivity index (χ2v) is 10.7. The van der Waals surface area contributed by atoms with Crippen molar-refractivity contribution >= 4 is 33.5 Å². The third-order valence-electron chi connectivity index (χ3n) is 7.61. The largest absolute Gasteiger partial charge is 0.457 e. The van der Waals surface area contributed by atoms with E-state index in [0.29, 0.717) is 0 Å². The van der Waals surface area contributed by atoms with Crippen LogP contribution in [0.25, 0.3) is 22.1 Å². The Morgan fingerprint density at radius 2 is 1.20 bits per heavy atom. The predicted molar refractivity (Wildman–Crippen MR) is 170 cm³/mol. The van der Waals surface area contributed by atoms with Crippen molar-refractivity contribution in [1.82, 2.24) is 0 Å². The first-order chi connectivity index (χ1) is 19.5. The molecule has 0 saturated heterocycles. The van der Waals surface area contributed by atoms with Crippen LogP contribution < -0.4 is 14.5 Å². The molecule has 1 heterocycles. The number of anilines is 2. The van der Waals surface area contributed by atoms with Crippen LogP contribution in [0.1, 0.15) is 28.2 Å². The average molecular weight is 523 g/mol. The second kappa shape index (κ2) is 10.8. The zero-order valence-corrected chi connectivity index (χ0v) is 23.5. The van der Waals surface area contributed by atoms with E-state index in [2.05, 4.69) is 159 Å². The van der Waals surface area contributed by atoms with E-state index in [0.717, 1.165) is 17.1 Å². The van der Waals surface area contributed by atoms with E-state index in [-0.39, 0.29) is 5.92 Å². The molecule has 40 heavy (non-hydrogen) atoms. The maximum absolute atomic E-state index is 6.55. The van der Waals surface area contributed by atoms with Crippen molar-refractivity contribution in [2.24, 2.45) is 0 Å². The van der Waals surface area contributed by atoms with Crippen LogP contribution in [0.5, 0.6) is 5.75 Å². The molecule has 0 radical (unpaired) electrons. The maximum Gasteiger partial charge on any atom is 0.132 e. The topological polar surface area (TPSA) is 15.7 Å². The molecule has 198 valence electrons. The minimum Gasteiger partial charge on any atom is -0.457 e. The Labute approximate surface area is 237 Å². The van der Waals surface area contributed by atoms with E-state index in [4.69, 9.17) is 4.74 Å². The van der Waals surface area contributed by atoms with Gasteiger partial charge in [0.25, 0.3) is 0 Å². The Kier molecular flexibility index (Phi) is 6.88. The minimum absolute atomic E-state index is 0.0158. The van der Waals surface area contributed by atoms with Gasteiger partial charge in [-0.3, -0.25) is 0 Å². The SMILES string of the molecule is CN(C)c1ccc(C(=CC2C=C(c3ccccc3)Oc3ccc4ccccc4c32)c2ccc(N(C)C)cc2)cc1. The summed E-state index contributed by atoms with van der Waals surface area (Å²) in [6.07, 6.45) is 4.68. The van der Waals surface area contributed by atoms with Crippen LogP contribution in [-0.2, 0) is 0 Å². The molecule has 0 saturated carbocycles. The molecule has 0 aromatic heterocycles. The van der Waals surface area contributed by atoms with Crippen LogP contribution in [0.4, 0.5) is 11.4 Å². The van der Waals surface area contributed by atoms with Crippen LogP contribution >= 0.6 is 0 Å². The van der Waals surface area contributed by atoms with E-state index >= 15 is 0 Å². The Hall–Kier alpha value is -4.76. The summed E-state index contributed by atoms with van der Waals surface area (Å²) in [6.45, 7) is 0. The Balaban J connectivity index is 1.57. The van der Waals surface area contributed by atoms with Crippen LogP contribution in [0.2, 0.25) is 0 Å². The minimum atomic E-state index is 0.0158. The van der Waals surface area contributed by atoms with Crippen molar-refractivity contribution in [3.63, 3.8) is 0 Å². The van der Waals surface area contributed by atoms with E-state index in [1.54, 1.807) is 0 Å². The summed E-state index contributed by atoms with van der Waals surface area (Å²) in [5, 5.41) is 2.43. The number of rotatable bonds is 6. The molecule has 0 N–H and O–H groups in total. The number of ether oxygens (including phenoxy) is 1. The summed E-state index contributed by atoms with van der Waals surface area (Å²) in [5.74, 6) is 1.81. The van der Waals surface area contributed by atoms with Crippen LogP contribution in [0, 0.1) is 0 Å². The van der Waals surface area contributed by atoms with Gasteiger partial charge >= 0.3 is 0 Å². The number of hydrogen-bond donors (Lipinski definition) is 0. The van der Waals surface area contributed by atoms with E-state index < -0.39 is 0 Å². The zero-order valence-electron chi connectivity index (χ0n) is 23.5. The highest BCUT2D eigenvalue weighted by Gasteiger charge is 2.25. The number of benzene rings is 5. The van der Waals surface area contributed by atoms with Gasteiger partial charge < -0.3 is 14.5 Å². The Morgan fingerprint density at radius 1 is 0.625 bits per heavy atom. The maximum atomic E-state index is 6.55. The first kappa shape index (κ1) is 25.5. The van der Waals surface area contributed by atoms with Gasteiger partial charge in [0.2, 0.25) is 0 Å². The third-order valence-corrected chi connectivity index (χ3v) is 7.61. The Morgan fingerprint density at radius 3 is 1.80 bits per heavy atom. The Bertz CT molecular complexity index is 1640. The number of allylic oxidation sites excluding steroid dienone is 2. The molecule has 1 aliphatic rings. The normalized spacial score (nSPS) is 14.1. The fourth-order valence-electron chi connectivity index (χ4n) is 5.41. The molecule has 1 atom stereocenters. The first-order valence-electron chi connectivity index (χ1n) is 13.7. The average Bonchev–Trinajstić information content (AvgIpc) is 3.00. The third kappa shape index (κ3) is 4.99. The summed E-state index contributed by atoms with van der Waals surface area (Å²) in [6, 6.07) is 40.9. The van der Waals surface area contributed by atoms with E-state index in [1.807, 2.05) is 6.07 Å². The van der Waals surface area contributed by atoms with Crippen molar-refractivity contribution in [2.75, 3.05) is 38.0 Å². The molecule has 1 unspecified atom stereocenters. The van der Waals surface area contributed by atoms with Gasteiger partial charge in [0.05, 0.1) is 0 Å². The lowest BCUT2D eigenvalue weighted by atomic mass is 9.85. The van der Waals surface area contributed by atoms with Crippen molar-refractivity contribution in [3.05, 3.63) is 150 Å². The monoisotopic (exact) mass is 522 g/mol. The summed E-state index contributed by atoms with van der Waals surface area (Å²) < 4.78 is 6.55. The van der Waals surface area contributed by atoms with Gasteiger partial charge in [-0.05, 0) is 63.9 Å². The van der Waals surface area contributed by atoms with E-state index in [9.17, 15) is 0 Å². The van der Waals surface area contributed by atoms with Gasteiger partial charge in [-0.15, -0.1) is 0 Å². The fraction of sp³-hybridized carbons (Fsp3) is 0.135. The summed E-state index contributed by atoms with van der Waals surface area (Å²) in [7, 11) is 8.30. The molecule has 3 nitrogen and oxygen atoms in total. The number of hydrogen-bond acceptors (Lipinski definition) is 3. The van der Waals surface area contributed by atoms with Gasteiger partial charge in [0.1, 0.15) is 11.5 Å². The highest BCUT2D eigenvalue weighted by molar-refractivity contribution is 5.91. The van der Waals surface area contributed by atoms with Crippen LogP contribution in [-0.4, -0.2) is 28.2 Å². The number of fused-ring (bicyclic) bond motifs is 3. The van der Waals surface area contributed by atoms with Crippen LogP contribution in [0.3, 0.4) is 0 Å². The molecule has 5 aromatic rings. The molecule has 0 amide bonds. The quantitative estimate of drug-likeness (QED) is 0.222. The lowest BCUT2D eigenvalue weighted by molar-refractivity contribution is 0.495. The van der Waals surface area contributed by atoms with Gasteiger partial charge in [0.15, 0.2) is 0 Å². The lowest BCUT2D eigenvalue weighted by Crippen LogP contribution is -2.10. The molecule has 0 spiro atoms. The smallest absolute Gasteiger partial charge is 0.132 e. The lowest BCUT2D eigenvalue weighted by Gasteiger charge is -2.26. The van der Waals surface area contributed by atoms with Crippen molar-refractivity contribution < 1.29 is 4.74 Å². The fourth-order valence-corrected chi connectivity index (χ4v) is 5.41. The highest BCUT2D eigenvalue weighted by Crippen LogP contribution is 2.44. The molecule has 6 rings (SSSR count). The van der Waals surface area contributed by atoms with Crippen molar-refractivity contribution in [1.29, 1.82) is 0 Å². The van der Waals surface area contributed by atoms with Gasteiger partial charge in [-0.25, -0.2) is 0 Å². The second-order valence-electron chi connectivity index (χ2n) is 10.7. The molecule has 0 fully saturated rings. The van der Waals surface area contributed by atoms with Crippen molar-refractivity contribution in [3.8, 4) is 5.75 Å². The summed E-state index contributed by atoms with van der Waals surface area (Å²) in [5.41, 5.74) is 8.21. The molecule has 3 heteroatoms. The zero-order chi connectivity index (χ0) is 27.6. The van der Waals surface area contributed by atoms with Crippen LogP contribution in [0.15, 0.2) is 127 Å². The standard InChI is InChI=1S/C37H34N2O/c1-38(2)31-19-14-27(15-20-31)34(28-16-21-32(22-17-28)39(3)4)24-30-25-36(29-11-6-5-7-12-29)40-35-23-18-26-10-8-9-13-33(26)37(30)35/h5-25,30H,1-4H3. The molecular formula is C37H34N2O. The molecule has 0 bridgehead atoms. The molecule has 1 aliphatic heterocycles. The molecular weight excluding hydrogens is 488 g/mol.